The van der Waals surface area contributed by atoms with Crippen LogP contribution in [-0.4, -0.2) is 25.8 Å². The van der Waals surface area contributed by atoms with Gasteiger partial charge in [-0.1, -0.05) is 34.6 Å². The van der Waals surface area contributed by atoms with Gasteiger partial charge >= 0.3 is 0 Å². The van der Waals surface area contributed by atoms with E-state index in [1.54, 1.807) is 0 Å². The Kier molecular flexibility index (Phi) is 8.20. The molecule has 2 nitrogen and oxygen atoms in total. The number of rotatable bonds is 8. The molecule has 1 unspecified atom stereocenters. The second-order valence-electron chi connectivity index (χ2n) is 4.64. The van der Waals surface area contributed by atoms with Crippen LogP contribution < -0.4 is 5.32 Å². The van der Waals surface area contributed by atoms with E-state index in [9.17, 15) is 0 Å². The van der Waals surface area contributed by atoms with Gasteiger partial charge in [-0.15, -0.1) is 0 Å². The van der Waals surface area contributed by atoms with Gasteiger partial charge in [0.05, 0.1) is 6.10 Å². The van der Waals surface area contributed by atoms with Gasteiger partial charge in [0.15, 0.2) is 0 Å². The van der Waals surface area contributed by atoms with Crippen molar-refractivity contribution in [1.29, 1.82) is 0 Å². The quantitative estimate of drug-likeness (QED) is 0.652. The van der Waals surface area contributed by atoms with Crippen molar-refractivity contribution in [3.63, 3.8) is 0 Å². The van der Waals surface area contributed by atoms with Gasteiger partial charge in [0.2, 0.25) is 0 Å². The molecule has 0 aromatic carbocycles. The first-order valence-corrected chi connectivity index (χ1v) is 5.90. The summed E-state index contributed by atoms with van der Waals surface area (Å²) >= 11 is 0. The highest BCUT2D eigenvalue weighted by Crippen LogP contribution is 2.08. The molecular weight excluding hydrogens is 174 g/mol. The third kappa shape index (κ3) is 7.34. The standard InChI is InChI=1S/C12H27NO/c1-6-13-9-12(11(4)5)14-8-7-10(2)3/h10-13H,6-9H2,1-5H3. The molecule has 86 valence electrons. The molecule has 0 aliphatic carbocycles. The molecular formula is C12H27NO. The van der Waals surface area contributed by atoms with Gasteiger partial charge in [0.25, 0.3) is 0 Å². The molecule has 0 spiro atoms. The van der Waals surface area contributed by atoms with Gasteiger partial charge in [-0.2, -0.15) is 0 Å². The topological polar surface area (TPSA) is 21.3 Å². The smallest absolute Gasteiger partial charge is 0.0722 e. The van der Waals surface area contributed by atoms with Gasteiger partial charge in [-0.05, 0) is 24.8 Å². The lowest BCUT2D eigenvalue weighted by Crippen LogP contribution is -2.33. The van der Waals surface area contributed by atoms with Crippen molar-refractivity contribution in [3.05, 3.63) is 0 Å². The molecule has 0 saturated heterocycles. The van der Waals surface area contributed by atoms with Crippen LogP contribution in [0.5, 0.6) is 0 Å². The predicted octanol–water partition coefficient (Wildman–Crippen LogP) is 2.68. The highest BCUT2D eigenvalue weighted by molar-refractivity contribution is 4.65. The zero-order chi connectivity index (χ0) is 11.0. The van der Waals surface area contributed by atoms with Gasteiger partial charge in [-0.3, -0.25) is 0 Å². The Labute approximate surface area is 89.4 Å². The normalized spacial score (nSPS) is 13.9. The van der Waals surface area contributed by atoms with Crippen LogP contribution in [0.15, 0.2) is 0 Å². The van der Waals surface area contributed by atoms with E-state index in [-0.39, 0.29) is 0 Å². The second-order valence-corrected chi connectivity index (χ2v) is 4.64. The highest BCUT2D eigenvalue weighted by Gasteiger charge is 2.12. The lowest BCUT2D eigenvalue weighted by atomic mass is 10.1. The number of hydrogen-bond acceptors (Lipinski definition) is 2. The fraction of sp³-hybridized carbons (Fsp3) is 1.00. The van der Waals surface area contributed by atoms with E-state index in [1.165, 1.54) is 0 Å². The van der Waals surface area contributed by atoms with Crippen LogP contribution in [0.2, 0.25) is 0 Å². The van der Waals surface area contributed by atoms with E-state index >= 15 is 0 Å². The van der Waals surface area contributed by atoms with Crippen LogP contribution in [0, 0.1) is 11.8 Å². The molecule has 1 N–H and O–H groups in total. The Hall–Kier alpha value is -0.0800. The van der Waals surface area contributed by atoms with Crippen LogP contribution in [0.3, 0.4) is 0 Å². The predicted molar refractivity (Wildman–Crippen MR) is 62.6 cm³/mol. The second kappa shape index (κ2) is 8.25. The summed E-state index contributed by atoms with van der Waals surface area (Å²) in [5, 5.41) is 3.34. The van der Waals surface area contributed by atoms with Crippen LogP contribution in [0.4, 0.5) is 0 Å². The Bertz CT molecular complexity index is 123. The Balaban J connectivity index is 3.62. The number of likely N-dealkylation sites (N-methyl/N-ethyl adjacent to an activating group) is 1. The van der Waals surface area contributed by atoms with E-state index in [4.69, 9.17) is 4.74 Å². The molecule has 0 bridgehead atoms. The minimum Gasteiger partial charge on any atom is -0.377 e. The van der Waals surface area contributed by atoms with Crippen molar-refractivity contribution >= 4 is 0 Å². The van der Waals surface area contributed by atoms with Crippen LogP contribution in [0.25, 0.3) is 0 Å². The molecule has 0 radical (unpaired) electrons. The van der Waals surface area contributed by atoms with Crippen LogP contribution >= 0.6 is 0 Å². The van der Waals surface area contributed by atoms with E-state index in [2.05, 4.69) is 39.9 Å². The number of hydrogen-bond donors (Lipinski definition) is 1. The summed E-state index contributed by atoms with van der Waals surface area (Å²) in [6, 6.07) is 0. The van der Waals surface area contributed by atoms with Gasteiger partial charge < -0.3 is 10.1 Å². The molecule has 0 saturated carbocycles. The Morgan fingerprint density at radius 2 is 1.79 bits per heavy atom. The number of ether oxygens (including phenoxy) is 1. The summed E-state index contributed by atoms with van der Waals surface area (Å²) in [4.78, 5) is 0. The van der Waals surface area contributed by atoms with E-state index in [1.807, 2.05) is 0 Å². The molecule has 0 aromatic rings. The molecule has 2 heteroatoms. The van der Waals surface area contributed by atoms with Crippen molar-refractivity contribution in [3.8, 4) is 0 Å². The minimum absolute atomic E-state index is 0.369. The highest BCUT2D eigenvalue weighted by atomic mass is 16.5. The van der Waals surface area contributed by atoms with Crippen molar-refractivity contribution in [2.45, 2.75) is 47.1 Å². The monoisotopic (exact) mass is 201 g/mol. The Morgan fingerprint density at radius 1 is 1.14 bits per heavy atom. The number of nitrogens with one attached hydrogen (secondary N) is 1. The van der Waals surface area contributed by atoms with E-state index in [0.717, 1.165) is 32.0 Å². The summed E-state index contributed by atoms with van der Waals surface area (Å²) in [6.45, 7) is 13.9. The van der Waals surface area contributed by atoms with Crippen molar-refractivity contribution in [2.75, 3.05) is 19.7 Å². The molecule has 1 atom stereocenters. The average Bonchev–Trinajstić information content (AvgIpc) is 2.09. The maximum Gasteiger partial charge on any atom is 0.0722 e. The molecule has 0 heterocycles. The summed E-state index contributed by atoms with van der Waals surface area (Å²) in [5.41, 5.74) is 0. The molecule has 0 aromatic heterocycles. The Morgan fingerprint density at radius 3 is 2.21 bits per heavy atom. The first-order chi connectivity index (χ1) is 6.57. The van der Waals surface area contributed by atoms with Crippen molar-refractivity contribution in [2.24, 2.45) is 11.8 Å². The summed E-state index contributed by atoms with van der Waals surface area (Å²) < 4.78 is 5.85. The average molecular weight is 201 g/mol. The summed E-state index contributed by atoms with van der Waals surface area (Å²) in [5.74, 6) is 1.34. The summed E-state index contributed by atoms with van der Waals surface area (Å²) in [6.07, 6.45) is 1.53. The van der Waals surface area contributed by atoms with E-state index in [0.29, 0.717) is 12.0 Å². The zero-order valence-electron chi connectivity index (χ0n) is 10.5. The maximum absolute atomic E-state index is 5.85. The zero-order valence-corrected chi connectivity index (χ0v) is 10.5. The lowest BCUT2D eigenvalue weighted by molar-refractivity contribution is 0.0179. The molecule has 0 aliphatic rings. The fourth-order valence-electron chi connectivity index (χ4n) is 1.23. The van der Waals surface area contributed by atoms with Crippen molar-refractivity contribution in [1.82, 2.24) is 5.32 Å². The fourth-order valence-corrected chi connectivity index (χ4v) is 1.23. The molecule has 0 amide bonds. The molecule has 0 rings (SSSR count). The van der Waals surface area contributed by atoms with Crippen LogP contribution in [0.1, 0.15) is 41.0 Å². The SMILES string of the molecule is CCNCC(OCCC(C)C)C(C)C. The van der Waals surface area contributed by atoms with Gasteiger partial charge in [0, 0.05) is 13.2 Å². The molecule has 0 aliphatic heterocycles. The maximum atomic E-state index is 5.85. The van der Waals surface area contributed by atoms with E-state index < -0.39 is 0 Å². The third-order valence-corrected chi connectivity index (χ3v) is 2.37. The van der Waals surface area contributed by atoms with Gasteiger partial charge in [0.1, 0.15) is 0 Å². The van der Waals surface area contributed by atoms with Crippen molar-refractivity contribution < 1.29 is 4.74 Å². The first kappa shape index (κ1) is 13.9. The van der Waals surface area contributed by atoms with Gasteiger partial charge in [-0.25, -0.2) is 0 Å². The first-order valence-electron chi connectivity index (χ1n) is 5.90. The molecule has 0 fully saturated rings. The summed E-state index contributed by atoms with van der Waals surface area (Å²) in [7, 11) is 0. The molecule has 14 heavy (non-hydrogen) atoms. The van der Waals surface area contributed by atoms with Crippen LogP contribution in [-0.2, 0) is 4.74 Å². The minimum atomic E-state index is 0.369. The third-order valence-electron chi connectivity index (χ3n) is 2.37. The lowest BCUT2D eigenvalue weighted by Gasteiger charge is -2.22. The largest absolute Gasteiger partial charge is 0.377 e.